The standard InChI is InChI=1S/C16H23N5O/c1-15(2)8-11(9-16(3,4)20-15)17-14(22)10-5-6-12-13(7-10)19-21-18-12/h5-7,11,20H,8-9H2,1-4H3,(H,17,22)(H,18,19,21). The average Bonchev–Trinajstić information content (AvgIpc) is 2.81. The lowest BCUT2D eigenvalue weighted by Gasteiger charge is -2.46. The van der Waals surface area contributed by atoms with Gasteiger partial charge in [0.05, 0.1) is 0 Å². The van der Waals surface area contributed by atoms with Crippen molar-refractivity contribution in [2.24, 2.45) is 0 Å². The number of nitrogens with zero attached hydrogens (tertiary/aromatic N) is 2. The lowest BCUT2D eigenvalue weighted by molar-refractivity contribution is 0.0873. The zero-order valence-corrected chi connectivity index (χ0v) is 13.5. The molecule has 1 amide bonds. The van der Waals surface area contributed by atoms with Crippen LogP contribution in [0.1, 0.15) is 50.9 Å². The summed E-state index contributed by atoms with van der Waals surface area (Å²) in [6, 6.07) is 5.53. The molecule has 118 valence electrons. The van der Waals surface area contributed by atoms with Gasteiger partial charge in [-0.1, -0.05) is 0 Å². The number of rotatable bonds is 2. The monoisotopic (exact) mass is 301 g/mol. The number of piperidine rings is 1. The van der Waals surface area contributed by atoms with Crippen LogP contribution >= 0.6 is 0 Å². The molecule has 3 rings (SSSR count). The molecule has 1 aromatic carbocycles. The quantitative estimate of drug-likeness (QED) is 0.792. The van der Waals surface area contributed by atoms with Crippen molar-refractivity contribution in [3.63, 3.8) is 0 Å². The topological polar surface area (TPSA) is 82.7 Å². The van der Waals surface area contributed by atoms with Gasteiger partial charge in [-0.3, -0.25) is 4.79 Å². The van der Waals surface area contributed by atoms with Crippen molar-refractivity contribution in [1.82, 2.24) is 26.0 Å². The molecule has 1 aromatic heterocycles. The van der Waals surface area contributed by atoms with Gasteiger partial charge >= 0.3 is 0 Å². The van der Waals surface area contributed by atoms with Gasteiger partial charge < -0.3 is 10.6 Å². The van der Waals surface area contributed by atoms with Crippen LogP contribution in [0.3, 0.4) is 0 Å². The third-order valence-corrected chi connectivity index (χ3v) is 4.10. The predicted octanol–water partition coefficient (Wildman–Crippen LogP) is 2.00. The number of carbonyl (C=O) groups is 1. The van der Waals surface area contributed by atoms with Crippen molar-refractivity contribution in [3.8, 4) is 0 Å². The zero-order valence-electron chi connectivity index (χ0n) is 13.5. The number of carbonyl (C=O) groups excluding carboxylic acids is 1. The summed E-state index contributed by atoms with van der Waals surface area (Å²) in [5.41, 5.74) is 2.11. The highest BCUT2D eigenvalue weighted by Gasteiger charge is 2.38. The van der Waals surface area contributed by atoms with Crippen molar-refractivity contribution < 1.29 is 4.79 Å². The Bertz CT molecular complexity index is 687. The smallest absolute Gasteiger partial charge is 0.251 e. The Morgan fingerprint density at radius 2 is 1.77 bits per heavy atom. The summed E-state index contributed by atoms with van der Waals surface area (Å²) < 4.78 is 0. The maximum Gasteiger partial charge on any atom is 0.251 e. The van der Waals surface area contributed by atoms with Gasteiger partial charge in [0.15, 0.2) is 0 Å². The largest absolute Gasteiger partial charge is 0.349 e. The Balaban J connectivity index is 1.75. The fourth-order valence-corrected chi connectivity index (χ4v) is 3.67. The first-order chi connectivity index (χ1) is 10.2. The average molecular weight is 301 g/mol. The van der Waals surface area contributed by atoms with Crippen LogP contribution in [-0.4, -0.2) is 38.4 Å². The summed E-state index contributed by atoms with van der Waals surface area (Å²) in [5, 5.41) is 17.4. The van der Waals surface area contributed by atoms with Gasteiger partial charge in [0.1, 0.15) is 11.0 Å². The number of H-pyrrole nitrogens is 1. The Kier molecular flexibility index (Phi) is 3.44. The normalized spacial score (nSPS) is 20.9. The molecule has 0 atom stereocenters. The van der Waals surface area contributed by atoms with Crippen LogP contribution in [0.15, 0.2) is 18.2 Å². The molecule has 2 aromatic rings. The fraction of sp³-hybridized carbons (Fsp3) is 0.562. The maximum absolute atomic E-state index is 12.5. The molecule has 0 radical (unpaired) electrons. The number of aromatic amines is 1. The lowest BCUT2D eigenvalue weighted by Crippen LogP contribution is -2.62. The predicted molar refractivity (Wildman–Crippen MR) is 85.7 cm³/mol. The summed E-state index contributed by atoms with van der Waals surface area (Å²) in [4.78, 5) is 12.5. The third kappa shape index (κ3) is 3.11. The van der Waals surface area contributed by atoms with Crippen LogP contribution in [0.5, 0.6) is 0 Å². The van der Waals surface area contributed by atoms with E-state index < -0.39 is 0 Å². The van der Waals surface area contributed by atoms with Crippen LogP contribution in [0, 0.1) is 0 Å². The van der Waals surface area contributed by atoms with E-state index in [1.807, 2.05) is 6.07 Å². The van der Waals surface area contributed by atoms with E-state index in [4.69, 9.17) is 0 Å². The molecule has 3 N–H and O–H groups in total. The van der Waals surface area contributed by atoms with Crippen LogP contribution in [0.2, 0.25) is 0 Å². The summed E-state index contributed by atoms with van der Waals surface area (Å²) in [7, 11) is 0. The summed E-state index contributed by atoms with van der Waals surface area (Å²) in [6.07, 6.45) is 1.82. The van der Waals surface area contributed by atoms with E-state index in [-0.39, 0.29) is 23.0 Å². The SMILES string of the molecule is CC1(C)CC(NC(=O)c2ccc3n[nH]nc3c2)CC(C)(C)N1. The molecule has 22 heavy (non-hydrogen) atoms. The first-order valence-corrected chi connectivity index (χ1v) is 7.65. The number of hydrogen-bond donors (Lipinski definition) is 3. The number of hydrogen-bond acceptors (Lipinski definition) is 4. The van der Waals surface area contributed by atoms with Crippen molar-refractivity contribution in [2.45, 2.75) is 57.7 Å². The van der Waals surface area contributed by atoms with Gasteiger partial charge in [-0.05, 0) is 58.7 Å². The second-order valence-electron chi connectivity index (χ2n) is 7.50. The second-order valence-corrected chi connectivity index (χ2v) is 7.50. The Labute approximate surface area is 130 Å². The summed E-state index contributed by atoms with van der Waals surface area (Å²) >= 11 is 0. The third-order valence-electron chi connectivity index (χ3n) is 4.10. The minimum atomic E-state index is -0.0524. The molecule has 0 saturated carbocycles. The highest BCUT2D eigenvalue weighted by atomic mass is 16.1. The van der Waals surface area contributed by atoms with E-state index in [9.17, 15) is 4.79 Å². The molecule has 1 aliphatic rings. The first-order valence-electron chi connectivity index (χ1n) is 7.65. The number of nitrogens with one attached hydrogen (secondary N) is 3. The van der Waals surface area contributed by atoms with Crippen LogP contribution in [0.4, 0.5) is 0 Å². The van der Waals surface area contributed by atoms with E-state index in [0.717, 1.165) is 18.4 Å². The van der Waals surface area contributed by atoms with Gasteiger partial charge in [-0.15, -0.1) is 0 Å². The lowest BCUT2D eigenvalue weighted by atomic mass is 9.79. The van der Waals surface area contributed by atoms with Crippen LogP contribution in [-0.2, 0) is 0 Å². The van der Waals surface area contributed by atoms with Crippen LogP contribution in [0.25, 0.3) is 11.0 Å². The molecule has 6 nitrogen and oxygen atoms in total. The highest BCUT2D eigenvalue weighted by Crippen LogP contribution is 2.28. The van der Waals surface area contributed by atoms with Crippen molar-refractivity contribution in [3.05, 3.63) is 23.8 Å². The molecule has 1 saturated heterocycles. The summed E-state index contributed by atoms with van der Waals surface area (Å²) in [6.45, 7) is 8.70. The Morgan fingerprint density at radius 3 is 2.45 bits per heavy atom. The molecule has 1 aliphatic heterocycles. The van der Waals surface area contributed by atoms with E-state index in [0.29, 0.717) is 11.1 Å². The minimum absolute atomic E-state index is 0.00969. The van der Waals surface area contributed by atoms with Crippen molar-refractivity contribution in [1.29, 1.82) is 0 Å². The molecule has 0 spiro atoms. The van der Waals surface area contributed by atoms with E-state index in [1.54, 1.807) is 12.1 Å². The molecule has 2 heterocycles. The van der Waals surface area contributed by atoms with Gasteiger partial charge in [0, 0.05) is 22.7 Å². The Hall–Kier alpha value is -1.95. The second kappa shape index (κ2) is 5.05. The first kappa shape index (κ1) is 15.0. The number of fused-ring (bicyclic) bond motifs is 1. The fourth-order valence-electron chi connectivity index (χ4n) is 3.67. The van der Waals surface area contributed by atoms with E-state index in [1.165, 1.54) is 0 Å². The van der Waals surface area contributed by atoms with E-state index >= 15 is 0 Å². The number of amides is 1. The summed E-state index contributed by atoms with van der Waals surface area (Å²) in [5.74, 6) is -0.0524. The van der Waals surface area contributed by atoms with Crippen molar-refractivity contribution in [2.75, 3.05) is 0 Å². The maximum atomic E-state index is 12.5. The Morgan fingerprint density at radius 1 is 1.14 bits per heavy atom. The molecular weight excluding hydrogens is 278 g/mol. The van der Waals surface area contributed by atoms with Gasteiger partial charge in [-0.25, -0.2) is 0 Å². The molecule has 0 bridgehead atoms. The van der Waals surface area contributed by atoms with E-state index in [2.05, 4.69) is 53.7 Å². The van der Waals surface area contributed by atoms with Gasteiger partial charge in [-0.2, -0.15) is 15.4 Å². The van der Waals surface area contributed by atoms with Crippen LogP contribution < -0.4 is 10.6 Å². The van der Waals surface area contributed by atoms with Gasteiger partial charge in [0.2, 0.25) is 0 Å². The van der Waals surface area contributed by atoms with Crippen molar-refractivity contribution >= 4 is 16.9 Å². The molecule has 1 fully saturated rings. The molecule has 6 heteroatoms. The number of aromatic nitrogens is 3. The van der Waals surface area contributed by atoms with Gasteiger partial charge in [0.25, 0.3) is 5.91 Å². The minimum Gasteiger partial charge on any atom is -0.349 e. The molecule has 0 unspecified atom stereocenters. The molecule has 0 aliphatic carbocycles. The zero-order chi connectivity index (χ0) is 16.0. The molecular formula is C16H23N5O. The highest BCUT2D eigenvalue weighted by molar-refractivity contribution is 5.97. The number of benzene rings is 1.